The van der Waals surface area contributed by atoms with Crippen molar-refractivity contribution in [3.05, 3.63) is 144 Å². The largest absolute Gasteiger partial charge is 0.460 e. The predicted molar refractivity (Wildman–Crippen MR) is 221 cm³/mol. The molecule has 6 aromatic carbocycles. The minimum atomic E-state index is -3.67. The van der Waals surface area contributed by atoms with Gasteiger partial charge in [-0.15, -0.1) is 0 Å². The van der Waals surface area contributed by atoms with Gasteiger partial charge >= 0.3 is 5.97 Å². The van der Waals surface area contributed by atoms with Gasteiger partial charge in [0.15, 0.2) is 0 Å². The fourth-order valence-electron chi connectivity index (χ4n) is 5.51. The summed E-state index contributed by atoms with van der Waals surface area (Å²) >= 11 is 0. The third-order valence-corrected chi connectivity index (χ3v) is 9.60. The molecule has 5 nitrogen and oxygen atoms in total. The van der Waals surface area contributed by atoms with Crippen LogP contribution < -0.4 is 0 Å². The second-order valence-electron chi connectivity index (χ2n) is 14.0. The molecule has 0 saturated heterocycles. The Labute approximate surface area is 311 Å². The number of ether oxygens (including phenoxy) is 1. The van der Waals surface area contributed by atoms with Crippen LogP contribution in [0.1, 0.15) is 96.3 Å². The van der Waals surface area contributed by atoms with E-state index in [0.717, 1.165) is 22.8 Å². The summed E-state index contributed by atoms with van der Waals surface area (Å²) in [5.74, 6) is 1.23. The normalized spacial score (nSPS) is 12.3. The third kappa shape index (κ3) is 12.9. The highest BCUT2D eigenvalue weighted by Crippen LogP contribution is 2.30. The van der Waals surface area contributed by atoms with Crippen molar-refractivity contribution in [3.8, 4) is 0 Å². The number of fused-ring (bicyclic) bond motifs is 3. The summed E-state index contributed by atoms with van der Waals surface area (Å²) in [6.45, 7) is 15.2. The van der Waals surface area contributed by atoms with Crippen LogP contribution in [0.5, 0.6) is 0 Å². The van der Waals surface area contributed by atoms with Crippen molar-refractivity contribution in [1.29, 1.82) is 0 Å². The van der Waals surface area contributed by atoms with Gasteiger partial charge in [-0.25, -0.2) is 0 Å². The molecule has 2 unspecified atom stereocenters. The standard InChI is InChI=1S/C21H22O2.C14H16.C10H14.CH4O3S/c1-4-21(2,3)20(22)23-14-19-17-11-7-5-9-15(17)13-16-10-6-8-12-18(16)19;1-3-11(2)13-9-8-12-6-4-5-7-14(12)10-13;1-3-9(2)10-7-5-4-6-8-10;1-5(2,3)4/h5-13H,4,14H2,1-3H3;4-11H,3H2,1-2H3;4-9H,3H2,1-2H3;1H3,(H,2,3,4). The van der Waals surface area contributed by atoms with E-state index in [2.05, 4.69) is 131 Å². The Balaban J connectivity index is 0.000000213. The fraction of sp³-hybridized carbons (Fsp3) is 0.326. The molecule has 0 saturated carbocycles. The Bertz CT molecular complexity index is 2060. The van der Waals surface area contributed by atoms with Gasteiger partial charge in [0, 0.05) is 5.56 Å². The molecular formula is C46H56O5S. The number of carbonyl (C=O) groups excluding carboxylic acids is 1. The van der Waals surface area contributed by atoms with Crippen molar-refractivity contribution in [1.82, 2.24) is 0 Å². The highest BCUT2D eigenvalue weighted by atomic mass is 32.2. The first-order valence-electron chi connectivity index (χ1n) is 18.2. The Morgan fingerprint density at radius 2 is 1.08 bits per heavy atom. The van der Waals surface area contributed by atoms with Gasteiger partial charge in [0.25, 0.3) is 10.1 Å². The molecule has 0 heterocycles. The Hall–Kier alpha value is -4.52. The summed E-state index contributed by atoms with van der Waals surface area (Å²) in [6.07, 6.45) is 3.91. The monoisotopic (exact) mass is 720 g/mol. The van der Waals surface area contributed by atoms with Gasteiger partial charge in [0.2, 0.25) is 0 Å². The van der Waals surface area contributed by atoms with Gasteiger partial charge in [-0.1, -0.05) is 156 Å². The lowest BCUT2D eigenvalue weighted by atomic mass is 9.90. The molecule has 0 bridgehead atoms. The average molecular weight is 721 g/mol. The summed E-state index contributed by atoms with van der Waals surface area (Å²) in [4.78, 5) is 12.3. The van der Waals surface area contributed by atoms with Gasteiger partial charge in [-0.05, 0) is 94.5 Å². The molecule has 2 atom stereocenters. The first kappa shape index (κ1) is 41.9. The molecule has 0 aliphatic rings. The topological polar surface area (TPSA) is 80.7 Å². The first-order chi connectivity index (χ1) is 24.7. The molecule has 6 aromatic rings. The lowest BCUT2D eigenvalue weighted by molar-refractivity contribution is -0.155. The van der Waals surface area contributed by atoms with Gasteiger partial charge in [-0.2, -0.15) is 8.42 Å². The van der Waals surface area contributed by atoms with E-state index in [4.69, 9.17) is 9.29 Å². The summed E-state index contributed by atoms with van der Waals surface area (Å²) in [7, 11) is -3.67. The molecule has 6 rings (SSSR count). The molecule has 0 spiro atoms. The van der Waals surface area contributed by atoms with Crippen molar-refractivity contribution in [2.75, 3.05) is 6.26 Å². The maximum absolute atomic E-state index is 12.3. The summed E-state index contributed by atoms with van der Waals surface area (Å²) in [6, 6.07) is 44.6. The maximum atomic E-state index is 12.3. The molecule has 52 heavy (non-hydrogen) atoms. The van der Waals surface area contributed by atoms with E-state index >= 15 is 0 Å². The van der Waals surface area contributed by atoms with Crippen molar-refractivity contribution in [2.24, 2.45) is 5.41 Å². The molecule has 0 aliphatic carbocycles. The van der Waals surface area contributed by atoms with Gasteiger partial charge in [0.1, 0.15) is 6.61 Å². The molecule has 0 radical (unpaired) electrons. The van der Waals surface area contributed by atoms with Crippen molar-refractivity contribution < 1.29 is 22.5 Å². The molecule has 0 aliphatic heterocycles. The van der Waals surface area contributed by atoms with Crippen LogP contribution in [0.4, 0.5) is 0 Å². The minimum absolute atomic E-state index is 0.142. The van der Waals surface area contributed by atoms with Crippen molar-refractivity contribution in [2.45, 2.75) is 86.2 Å². The zero-order valence-corrected chi connectivity index (χ0v) is 32.9. The van der Waals surface area contributed by atoms with E-state index in [-0.39, 0.29) is 5.97 Å². The van der Waals surface area contributed by atoms with Crippen LogP contribution in [-0.2, 0) is 26.3 Å². The number of hydrogen-bond donors (Lipinski definition) is 1. The summed E-state index contributed by atoms with van der Waals surface area (Å²) in [5, 5.41) is 7.32. The van der Waals surface area contributed by atoms with E-state index in [1.54, 1.807) is 0 Å². The van der Waals surface area contributed by atoms with Crippen LogP contribution >= 0.6 is 0 Å². The van der Waals surface area contributed by atoms with Crippen LogP contribution in [-0.4, -0.2) is 25.2 Å². The second-order valence-corrected chi connectivity index (χ2v) is 15.4. The van der Waals surface area contributed by atoms with E-state index in [9.17, 15) is 13.2 Å². The minimum Gasteiger partial charge on any atom is -0.460 e. The van der Waals surface area contributed by atoms with E-state index in [1.807, 2.05) is 45.0 Å². The van der Waals surface area contributed by atoms with Gasteiger partial charge in [-0.3, -0.25) is 9.35 Å². The molecule has 276 valence electrons. The highest BCUT2D eigenvalue weighted by Gasteiger charge is 2.27. The molecular weight excluding hydrogens is 665 g/mol. The Morgan fingerprint density at radius 1 is 0.635 bits per heavy atom. The van der Waals surface area contributed by atoms with Crippen LogP contribution in [0.2, 0.25) is 0 Å². The molecule has 0 fully saturated rings. The number of rotatable bonds is 8. The third-order valence-electron chi connectivity index (χ3n) is 9.60. The van der Waals surface area contributed by atoms with Gasteiger partial charge < -0.3 is 4.74 Å². The maximum Gasteiger partial charge on any atom is 0.311 e. The quantitative estimate of drug-likeness (QED) is 0.0962. The first-order valence-corrected chi connectivity index (χ1v) is 20.1. The van der Waals surface area contributed by atoms with Crippen molar-refractivity contribution in [3.63, 3.8) is 0 Å². The van der Waals surface area contributed by atoms with Crippen molar-refractivity contribution >= 4 is 48.4 Å². The molecule has 0 amide bonds. The number of benzene rings is 6. The number of hydrogen-bond acceptors (Lipinski definition) is 4. The van der Waals surface area contributed by atoms with Gasteiger partial charge in [0.05, 0.1) is 11.7 Å². The number of carbonyl (C=O) groups is 1. The van der Waals surface area contributed by atoms with Crippen LogP contribution in [0, 0.1) is 5.41 Å². The van der Waals surface area contributed by atoms with E-state index in [0.29, 0.717) is 24.7 Å². The zero-order valence-electron chi connectivity index (χ0n) is 32.1. The lowest BCUT2D eigenvalue weighted by Crippen LogP contribution is -2.25. The number of esters is 1. The van der Waals surface area contributed by atoms with E-state index in [1.165, 1.54) is 45.5 Å². The van der Waals surface area contributed by atoms with Crippen LogP contribution in [0.15, 0.2) is 127 Å². The highest BCUT2D eigenvalue weighted by molar-refractivity contribution is 7.85. The second kappa shape index (κ2) is 19.9. The van der Waals surface area contributed by atoms with Crippen LogP contribution in [0.3, 0.4) is 0 Å². The van der Waals surface area contributed by atoms with Crippen LogP contribution in [0.25, 0.3) is 32.3 Å². The lowest BCUT2D eigenvalue weighted by Gasteiger charge is -2.21. The Kier molecular flexibility index (Phi) is 16.0. The predicted octanol–water partition coefficient (Wildman–Crippen LogP) is 12.5. The molecule has 0 aromatic heterocycles. The fourth-order valence-corrected chi connectivity index (χ4v) is 5.51. The molecule has 1 N–H and O–H groups in total. The summed E-state index contributed by atoms with van der Waals surface area (Å²) in [5.41, 5.74) is 3.54. The average Bonchev–Trinajstić information content (AvgIpc) is 3.15. The summed E-state index contributed by atoms with van der Waals surface area (Å²) < 4.78 is 31.5. The smallest absolute Gasteiger partial charge is 0.311 e. The molecule has 6 heteroatoms. The van der Waals surface area contributed by atoms with E-state index < -0.39 is 15.5 Å². The Morgan fingerprint density at radius 3 is 1.58 bits per heavy atom. The zero-order chi connectivity index (χ0) is 38.3. The SMILES string of the molecule is CCC(C)(C)C(=O)OCc1c2ccccc2cc2ccccc12.CCC(C)c1ccc2ccccc2c1.CCC(C)c1ccccc1.CS(=O)(=O)O.